The molecule has 1 aliphatic heterocycles. The van der Waals surface area contributed by atoms with Crippen LogP contribution in [0.15, 0.2) is 41.0 Å². The SMILES string of the molecule is O=C(CCCN1C(=O)c2ccc(Br)cc2C1=O)Nc1ncccc1O. The number of benzene rings is 1. The van der Waals surface area contributed by atoms with Crippen molar-refractivity contribution in [2.45, 2.75) is 12.8 Å². The number of nitrogens with zero attached hydrogens (tertiary/aromatic N) is 2. The van der Waals surface area contributed by atoms with Crippen LogP contribution in [-0.2, 0) is 4.79 Å². The number of amides is 3. The van der Waals surface area contributed by atoms with E-state index < -0.39 is 0 Å². The lowest BCUT2D eigenvalue weighted by molar-refractivity contribution is -0.116. The molecular weight excluding hydrogens is 390 g/mol. The molecule has 0 unspecified atom stereocenters. The fourth-order valence-corrected chi connectivity index (χ4v) is 2.91. The van der Waals surface area contributed by atoms with E-state index in [2.05, 4.69) is 26.2 Å². The summed E-state index contributed by atoms with van der Waals surface area (Å²) in [6, 6.07) is 7.90. The number of aromatic hydroxyl groups is 1. The molecule has 0 fully saturated rings. The molecule has 0 saturated carbocycles. The summed E-state index contributed by atoms with van der Waals surface area (Å²) in [5.41, 5.74) is 0.735. The lowest BCUT2D eigenvalue weighted by Crippen LogP contribution is -2.31. The Morgan fingerprint density at radius 2 is 1.96 bits per heavy atom. The molecule has 2 heterocycles. The average Bonchev–Trinajstić information content (AvgIpc) is 2.81. The molecule has 1 aromatic carbocycles. The molecule has 0 aliphatic carbocycles. The van der Waals surface area contributed by atoms with Crippen LogP contribution in [0.3, 0.4) is 0 Å². The van der Waals surface area contributed by atoms with Gasteiger partial charge in [-0.15, -0.1) is 0 Å². The zero-order valence-electron chi connectivity index (χ0n) is 13.0. The summed E-state index contributed by atoms with van der Waals surface area (Å²) in [5.74, 6) is -1.10. The third-order valence-electron chi connectivity index (χ3n) is 3.76. The Labute approximate surface area is 151 Å². The van der Waals surface area contributed by atoms with Crippen molar-refractivity contribution in [1.29, 1.82) is 0 Å². The lowest BCUT2D eigenvalue weighted by atomic mass is 10.1. The Hall–Kier alpha value is -2.74. The van der Waals surface area contributed by atoms with Crippen LogP contribution in [0.25, 0.3) is 0 Å². The number of imide groups is 1. The van der Waals surface area contributed by atoms with E-state index in [1.54, 1.807) is 24.3 Å². The van der Waals surface area contributed by atoms with Gasteiger partial charge in [0.15, 0.2) is 11.6 Å². The van der Waals surface area contributed by atoms with Crippen LogP contribution < -0.4 is 5.32 Å². The van der Waals surface area contributed by atoms with Gasteiger partial charge in [-0.3, -0.25) is 19.3 Å². The third-order valence-corrected chi connectivity index (χ3v) is 4.26. The Kier molecular flexibility index (Phi) is 4.80. The van der Waals surface area contributed by atoms with E-state index in [9.17, 15) is 19.5 Å². The molecule has 1 aromatic heterocycles. The summed E-state index contributed by atoms with van der Waals surface area (Å²) in [4.78, 5) is 41.5. The van der Waals surface area contributed by atoms with Crippen LogP contribution in [0.1, 0.15) is 33.6 Å². The number of carbonyl (C=O) groups excluding carboxylic acids is 3. The number of rotatable bonds is 5. The smallest absolute Gasteiger partial charge is 0.261 e. The van der Waals surface area contributed by atoms with E-state index in [4.69, 9.17) is 0 Å². The molecule has 0 atom stereocenters. The highest BCUT2D eigenvalue weighted by molar-refractivity contribution is 9.10. The highest BCUT2D eigenvalue weighted by Crippen LogP contribution is 2.26. The summed E-state index contributed by atoms with van der Waals surface area (Å²) in [6.07, 6.45) is 1.85. The number of anilines is 1. The van der Waals surface area contributed by atoms with E-state index in [1.807, 2.05) is 0 Å². The summed E-state index contributed by atoms with van der Waals surface area (Å²) in [5, 5.41) is 12.1. The maximum absolute atomic E-state index is 12.3. The maximum Gasteiger partial charge on any atom is 0.261 e. The normalized spacial score (nSPS) is 13.1. The highest BCUT2D eigenvalue weighted by atomic mass is 79.9. The second-order valence-corrected chi connectivity index (χ2v) is 6.39. The van der Waals surface area contributed by atoms with Gasteiger partial charge in [-0.25, -0.2) is 4.98 Å². The maximum atomic E-state index is 12.3. The van der Waals surface area contributed by atoms with Crippen LogP contribution in [0.2, 0.25) is 0 Å². The fraction of sp³-hybridized carbons (Fsp3) is 0.176. The van der Waals surface area contributed by atoms with Crippen LogP contribution >= 0.6 is 15.9 Å². The molecule has 0 radical (unpaired) electrons. The predicted molar refractivity (Wildman–Crippen MR) is 93.3 cm³/mol. The summed E-state index contributed by atoms with van der Waals surface area (Å²) < 4.78 is 0.726. The molecule has 0 spiro atoms. The Morgan fingerprint density at radius 1 is 1.20 bits per heavy atom. The van der Waals surface area contributed by atoms with Gasteiger partial charge in [-0.1, -0.05) is 15.9 Å². The van der Waals surface area contributed by atoms with Crippen LogP contribution in [-0.4, -0.2) is 39.3 Å². The van der Waals surface area contributed by atoms with E-state index in [-0.39, 0.29) is 42.3 Å². The molecule has 8 heteroatoms. The lowest BCUT2D eigenvalue weighted by Gasteiger charge is -2.13. The quantitative estimate of drug-likeness (QED) is 0.747. The molecule has 128 valence electrons. The minimum absolute atomic E-state index is 0.0816. The molecule has 3 rings (SSSR count). The molecule has 1 aliphatic rings. The standard InChI is InChI=1S/C17H14BrN3O4/c18-10-5-6-11-12(9-10)17(25)21(16(11)24)8-2-4-14(23)20-15-13(22)3-1-7-19-15/h1,3,5-7,9,22H,2,4,8H2,(H,19,20,23). The second-order valence-electron chi connectivity index (χ2n) is 5.47. The van der Waals surface area contributed by atoms with Crippen molar-refractivity contribution in [3.8, 4) is 5.75 Å². The first-order valence-electron chi connectivity index (χ1n) is 7.57. The van der Waals surface area contributed by atoms with Gasteiger partial charge in [0.05, 0.1) is 11.1 Å². The first kappa shape index (κ1) is 17.1. The van der Waals surface area contributed by atoms with Crippen LogP contribution in [0.4, 0.5) is 5.82 Å². The minimum Gasteiger partial charge on any atom is -0.504 e. The number of carbonyl (C=O) groups is 3. The molecule has 0 saturated heterocycles. The highest BCUT2D eigenvalue weighted by Gasteiger charge is 2.35. The number of aromatic nitrogens is 1. The molecule has 2 aromatic rings. The molecule has 2 N–H and O–H groups in total. The van der Waals surface area contributed by atoms with Crippen molar-refractivity contribution in [1.82, 2.24) is 9.88 Å². The predicted octanol–water partition coefficient (Wildman–Crippen LogP) is 2.56. The van der Waals surface area contributed by atoms with Gasteiger partial charge >= 0.3 is 0 Å². The van der Waals surface area contributed by atoms with E-state index in [0.717, 1.165) is 9.37 Å². The average molecular weight is 404 g/mol. The topological polar surface area (TPSA) is 99.6 Å². The van der Waals surface area contributed by atoms with Gasteiger partial charge in [0.1, 0.15) is 0 Å². The van der Waals surface area contributed by atoms with E-state index in [1.165, 1.54) is 12.3 Å². The van der Waals surface area contributed by atoms with E-state index in [0.29, 0.717) is 17.5 Å². The summed E-state index contributed by atoms with van der Waals surface area (Å²) in [7, 11) is 0. The summed E-state index contributed by atoms with van der Waals surface area (Å²) >= 11 is 3.28. The molecule has 3 amide bonds. The first-order chi connectivity index (χ1) is 12.0. The van der Waals surface area contributed by atoms with Gasteiger partial charge in [0.25, 0.3) is 11.8 Å². The molecule has 25 heavy (non-hydrogen) atoms. The van der Waals surface area contributed by atoms with Crippen molar-refractivity contribution >= 4 is 39.5 Å². The Bertz CT molecular complexity index is 869. The van der Waals surface area contributed by atoms with Crippen LogP contribution in [0, 0.1) is 0 Å². The van der Waals surface area contributed by atoms with Gasteiger partial charge < -0.3 is 10.4 Å². The zero-order valence-corrected chi connectivity index (χ0v) is 14.6. The van der Waals surface area contributed by atoms with Crippen molar-refractivity contribution < 1.29 is 19.5 Å². The number of nitrogens with one attached hydrogen (secondary N) is 1. The number of hydrogen-bond acceptors (Lipinski definition) is 5. The second kappa shape index (κ2) is 7.02. The van der Waals surface area contributed by atoms with Gasteiger partial charge in [-0.2, -0.15) is 0 Å². The first-order valence-corrected chi connectivity index (χ1v) is 8.36. The number of pyridine rings is 1. The van der Waals surface area contributed by atoms with Gasteiger partial charge in [0, 0.05) is 23.6 Å². The van der Waals surface area contributed by atoms with Crippen molar-refractivity contribution in [2.24, 2.45) is 0 Å². The van der Waals surface area contributed by atoms with Gasteiger partial charge in [-0.05, 0) is 36.8 Å². The monoisotopic (exact) mass is 403 g/mol. The number of halogens is 1. The fourth-order valence-electron chi connectivity index (χ4n) is 2.55. The zero-order chi connectivity index (χ0) is 18.0. The number of fused-ring (bicyclic) bond motifs is 1. The third kappa shape index (κ3) is 3.53. The van der Waals surface area contributed by atoms with Crippen LogP contribution in [0.5, 0.6) is 5.75 Å². The van der Waals surface area contributed by atoms with Crippen molar-refractivity contribution in [3.05, 3.63) is 52.1 Å². The van der Waals surface area contributed by atoms with Crippen molar-refractivity contribution in [2.75, 3.05) is 11.9 Å². The molecular formula is C17H14BrN3O4. The molecule has 0 bridgehead atoms. The largest absolute Gasteiger partial charge is 0.504 e. The molecule has 7 nitrogen and oxygen atoms in total. The van der Waals surface area contributed by atoms with E-state index >= 15 is 0 Å². The van der Waals surface area contributed by atoms with Crippen molar-refractivity contribution in [3.63, 3.8) is 0 Å². The minimum atomic E-state index is -0.357. The van der Waals surface area contributed by atoms with Gasteiger partial charge in [0.2, 0.25) is 5.91 Å². The Balaban J connectivity index is 1.56. The Morgan fingerprint density at radius 3 is 2.72 bits per heavy atom. The number of hydrogen-bond donors (Lipinski definition) is 2. The summed E-state index contributed by atoms with van der Waals surface area (Å²) in [6.45, 7) is 0.144.